The van der Waals surface area contributed by atoms with Gasteiger partial charge in [0.05, 0.1) is 112 Å². The van der Waals surface area contributed by atoms with Gasteiger partial charge in [-0.2, -0.15) is 0 Å². The first kappa shape index (κ1) is 83.1. The van der Waals surface area contributed by atoms with E-state index >= 15 is 0 Å². The number of sulfonamides is 1. The van der Waals surface area contributed by atoms with Crippen LogP contribution in [-0.2, 0) is 72.8 Å². The van der Waals surface area contributed by atoms with Crippen molar-refractivity contribution in [1.29, 1.82) is 0 Å². The van der Waals surface area contributed by atoms with Crippen LogP contribution in [0.3, 0.4) is 0 Å². The number of nitrogens with zero attached hydrogens (tertiary/aromatic N) is 16. The summed E-state index contributed by atoms with van der Waals surface area (Å²) in [6.07, 6.45) is 8.12. The largest absolute Gasteiger partial charge is 0.379 e. The van der Waals surface area contributed by atoms with Crippen LogP contribution >= 0.6 is 45.3 Å². The molecule has 4 aliphatic rings. The molecule has 12 heterocycles. The number of benzene rings is 8. The second-order valence-electron chi connectivity index (χ2n) is 30.4. The summed E-state index contributed by atoms with van der Waals surface area (Å²) in [5.74, 6) is 2.30. The Morgan fingerprint density at radius 3 is 1.17 bits per heavy atom. The summed E-state index contributed by atoms with van der Waals surface area (Å²) in [6, 6.07) is 44.6. The van der Waals surface area contributed by atoms with Crippen LogP contribution in [0.5, 0.6) is 0 Å². The van der Waals surface area contributed by atoms with E-state index in [0.29, 0.717) is 42.3 Å². The smallest absolute Gasteiger partial charge is 0.238 e. The monoisotopic (exact) mass is 1730 g/mol. The van der Waals surface area contributed by atoms with Crippen LogP contribution in [0.2, 0.25) is 0 Å². The number of hydrogen-bond donors (Lipinski definition) is 6. The molecule has 16 aromatic rings. The topological polar surface area (TPSA) is 350 Å². The van der Waals surface area contributed by atoms with E-state index in [9.17, 15) is 18.0 Å². The SMILES string of the molecule is CC(=O)Cc1cccc(Nc2ncc3ccc4nc(CN5CCOCC5)sc4c3n2)c1.CC(=O)Cc1cccc(Nc2ncc3ccc4sc(CN5CCNCC5)nc4c3n2)c1.Cc1cc(C)cc(Nc2ncc3ccc4sc(CN5CCOCC5)nc4c3n2)c1.NS(=O)(=O)c1cccc(Nc2ncc3ccc4nc(CN5CCOCC5)sc4c3n2)c1. The highest BCUT2D eigenvalue weighted by Gasteiger charge is 2.22. The first-order chi connectivity index (χ1) is 59.4. The highest BCUT2D eigenvalue weighted by Crippen LogP contribution is 2.36. The van der Waals surface area contributed by atoms with Gasteiger partial charge in [0.25, 0.3) is 0 Å². The van der Waals surface area contributed by atoms with Gasteiger partial charge < -0.3 is 40.8 Å². The van der Waals surface area contributed by atoms with Crippen LogP contribution in [0.25, 0.3) is 84.5 Å². The van der Waals surface area contributed by atoms with Gasteiger partial charge in [-0.15, -0.1) is 45.3 Å². The lowest BCUT2D eigenvalue weighted by atomic mass is 10.1. The molecule has 0 aliphatic carbocycles. The summed E-state index contributed by atoms with van der Waals surface area (Å²) in [4.78, 5) is 88.8. The summed E-state index contributed by atoms with van der Waals surface area (Å²) in [7, 11) is -3.79. The Balaban J connectivity index is 0.000000116. The molecule has 0 unspecified atom stereocenters. The molecule has 4 aliphatic heterocycles. The van der Waals surface area contributed by atoms with Gasteiger partial charge in [0.15, 0.2) is 0 Å². The maximum absolute atomic E-state index is 11.6. The third-order valence-electron chi connectivity index (χ3n) is 20.7. The molecule has 8 aromatic carbocycles. The molecule has 20 rings (SSSR count). The number of Topliss-reactive ketones (excluding diaryl/α,β-unsaturated/α-hetero) is 2. The summed E-state index contributed by atoms with van der Waals surface area (Å²) >= 11 is 6.81. The number of anilines is 8. The normalized spacial score (nSPS) is 15.1. The molecule has 34 heteroatoms. The number of carbonyl (C=O) groups is 2. The molecule has 29 nitrogen and oxygen atoms in total. The average Bonchev–Trinajstić information content (AvgIpc) is 1.67. The minimum Gasteiger partial charge on any atom is -0.379 e. The predicted octanol–water partition coefficient (Wildman–Crippen LogP) is 14.4. The summed E-state index contributed by atoms with van der Waals surface area (Å²) < 4.78 is 43.9. The third kappa shape index (κ3) is 21.1. The average molecular weight is 1730 g/mol. The van der Waals surface area contributed by atoms with Gasteiger partial charge in [0.2, 0.25) is 33.8 Å². The summed E-state index contributed by atoms with van der Waals surface area (Å²) in [6.45, 7) is 25.2. The molecular formula is C88H90N22O7S5. The lowest BCUT2D eigenvalue weighted by Gasteiger charge is -2.25. The van der Waals surface area contributed by atoms with E-state index in [0.717, 1.165) is 264 Å². The Morgan fingerprint density at radius 1 is 0.402 bits per heavy atom. The number of aromatic nitrogens is 12. The second kappa shape index (κ2) is 38.1. The van der Waals surface area contributed by atoms with Crippen molar-refractivity contribution >= 4 is 198 Å². The van der Waals surface area contributed by atoms with E-state index in [4.69, 9.17) is 54.2 Å². The zero-order valence-electron chi connectivity index (χ0n) is 67.8. The number of carbonyl (C=O) groups excluding carboxylic acids is 2. The number of piperazine rings is 1. The molecule has 8 aromatic heterocycles. The Labute approximate surface area is 719 Å². The van der Waals surface area contributed by atoms with Gasteiger partial charge >= 0.3 is 0 Å². The number of thiazole rings is 4. The third-order valence-corrected chi connectivity index (χ3v) is 25.8. The number of primary sulfonamides is 1. The first-order valence-corrected chi connectivity index (χ1v) is 45.2. The van der Waals surface area contributed by atoms with Crippen molar-refractivity contribution < 1.29 is 32.2 Å². The van der Waals surface area contributed by atoms with Crippen LogP contribution < -0.4 is 31.7 Å². The molecule has 0 amide bonds. The van der Waals surface area contributed by atoms with Gasteiger partial charge in [-0.3, -0.25) is 29.2 Å². The molecule has 624 valence electrons. The maximum atomic E-state index is 11.6. The minimum absolute atomic E-state index is 0.0240. The standard InChI is InChI=1S/C23H24N6OS.C23H23N5O2S.C22H23N5OS.C20H20N6O3S2/c1-15(30)11-16-3-2-4-18(12-16)26-23-25-13-17-5-6-19-22(21(17)28-23)27-20(31-19)14-29-9-7-24-8-10-29;1-15(29)11-16-3-2-4-18(12-16)25-23-24-13-17-5-6-19-22(21(17)27-23)31-20(26-19)14-28-7-9-30-10-8-28;1-14-9-15(2)11-17(10-14)24-22-23-12-16-3-4-18-21(20(16)26-22)25-19(29-18)13-27-5-7-28-8-6-27;21-31(27,28)15-3-1-2-14(10-15)23-20-22-11-13-4-5-16-19(18(13)25-20)30-17(24-16)12-26-6-8-29-9-7-26/h2-6,12-13,24H,7-11,14H2,1H3,(H,25,26,28);2-6,12-13H,7-11,14H2,1H3,(H,24,25,27);3-4,9-12H,5-8,13H2,1-2H3,(H,23,24,26);1-5,10-11H,6-9,12H2,(H2,21,27,28)(H,22,23,25). The van der Waals surface area contributed by atoms with E-state index in [1.807, 2.05) is 91.4 Å². The van der Waals surface area contributed by atoms with Crippen LogP contribution in [0.4, 0.5) is 46.5 Å². The van der Waals surface area contributed by atoms with Crippen molar-refractivity contribution in [3.63, 3.8) is 0 Å². The highest BCUT2D eigenvalue weighted by molar-refractivity contribution is 7.89. The van der Waals surface area contributed by atoms with Crippen molar-refractivity contribution in [3.05, 3.63) is 207 Å². The van der Waals surface area contributed by atoms with Gasteiger partial charge in [0, 0.05) is 147 Å². The highest BCUT2D eigenvalue weighted by atomic mass is 32.2. The molecule has 0 spiro atoms. The summed E-state index contributed by atoms with van der Waals surface area (Å²) in [5, 5.41) is 29.8. The number of morpholine rings is 3. The molecule has 0 bridgehead atoms. The molecule has 0 saturated carbocycles. The van der Waals surface area contributed by atoms with Crippen LogP contribution in [-0.4, -0.2) is 204 Å². The van der Waals surface area contributed by atoms with Gasteiger partial charge in [-0.05, 0) is 153 Å². The quantitative estimate of drug-likeness (QED) is 0.0389. The molecule has 4 fully saturated rings. The Hall–Kier alpha value is -11.2. The van der Waals surface area contributed by atoms with E-state index in [1.54, 1.807) is 77.5 Å². The Kier molecular flexibility index (Phi) is 25.9. The van der Waals surface area contributed by atoms with E-state index in [2.05, 4.69) is 127 Å². The van der Waals surface area contributed by atoms with Gasteiger partial charge in [0.1, 0.15) is 53.7 Å². The van der Waals surface area contributed by atoms with E-state index in [-0.39, 0.29) is 16.5 Å². The van der Waals surface area contributed by atoms with Crippen molar-refractivity contribution in [2.24, 2.45) is 5.14 Å². The van der Waals surface area contributed by atoms with Gasteiger partial charge in [-0.25, -0.2) is 73.4 Å². The number of nitrogens with one attached hydrogen (secondary N) is 5. The predicted molar refractivity (Wildman–Crippen MR) is 486 cm³/mol. The number of fused-ring (bicyclic) bond motifs is 12. The fourth-order valence-corrected chi connectivity index (χ4v) is 19.7. The van der Waals surface area contributed by atoms with Crippen LogP contribution in [0.15, 0.2) is 169 Å². The van der Waals surface area contributed by atoms with Crippen molar-refractivity contribution in [3.8, 4) is 0 Å². The number of aryl methyl sites for hydroxylation is 2. The van der Waals surface area contributed by atoms with E-state index in [1.165, 1.54) is 23.3 Å². The lowest BCUT2D eigenvalue weighted by molar-refractivity contribution is -0.117. The Morgan fingerprint density at radius 2 is 0.762 bits per heavy atom. The number of ether oxygens (including phenoxy) is 3. The number of hydrogen-bond acceptors (Lipinski definition) is 32. The van der Waals surface area contributed by atoms with Crippen molar-refractivity contribution in [1.82, 2.24) is 84.7 Å². The number of ketones is 2. The molecule has 122 heavy (non-hydrogen) atoms. The summed E-state index contributed by atoms with van der Waals surface area (Å²) in [5.41, 5.74) is 14.9. The van der Waals surface area contributed by atoms with E-state index < -0.39 is 10.0 Å². The molecule has 7 N–H and O–H groups in total. The second-order valence-corrected chi connectivity index (χ2v) is 36.4. The zero-order valence-corrected chi connectivity index (χ0v) is 71.9. The van der Waals surface area contributed by atoms with Crippen LogP contribution in [0.1, 0.15) is 56.1 Å². The zero-order chi connectivity index (χ0) is 83.6. The van der Waals surface area contributed by atoms with Gasteiger partial charge in [-0.1, -0.05) is 36.4 Å². The van der Waals surface area contributed by atoms with Crippen LogP contribution in [0, 0.1) is 13.8 Å². The molecule has 4 saturated heterocycles. The molecule has 0 atom stereocenters. The fourth-order valence-electron chi connectivity index (χ4n) is 14.9. The van der Waals surface area contributed by atoms with Crippen molar-refractivity contribution in [2.45, 2.75) is 71.6 Å². The van der Waals surface area contributed by atoms with Crippen molar-refractivity contribution in [2.75, 3.05) is 126 Å². The maximum Gasteiger partial charge on any atom is 0.238 e. The Bertz CT molecular complexity index is 6410. The number of nitrogens with two attached hydrogens (primary N) is 1. The fraction of sp³-hybridized carbons (Fsp3) is 0.295. The first-order valence-electron chi connectivity index (χ1n) is 40.4. The molecular weight excluding hydrogens is 1640 g/mol. The lowest BCUT2D eigenvalue weighted by Crippen LogP contribution is -2.42. The minimum atomic E-state index is -3.79. The number of rotatable bonds is 21. The molecule has 0 radical (unpaired) electrons.